The number of alkyl carbamates (subject to hydrolysis) is 1. The van der Waals surface area contributed by atoms with Gasteiger partial charge < -0.3 is 14.8 Å². The lowest BCUT2D eigenvalue weighted by molar-refractivity contribution is -0.153. The Morgan fingerprint density at radius 1 is 1.10 bits per heavy atom. The molecule has 0 saturated carbocycles. The fourth-order valence-corrected chi connectivity index (χ4v) is 3.64. The van der Waals surface area contributed by atoms with Gasteiger partial charge in [-0.2, -0.15) is 0 Å². The number of rotatable bonds is 8. The lowest BCUT2D eigenvalue weighted by atomic mass is 9.82. The maximum atomic E-state index is 13.6. The Morgan fingerprint density at radius 3 is 2.17 bits per heavy atom. The first kappa shape index (κ1) is 25.9. The number of amides is 1. The highest BCUT2D eigenvalue weighted by Crippen LogP contribution is 2.32. The Hall–Kier alpha value is -2.11. The van der Waals surface area contributed by atoms with Gasteiger partial charge in [-0.15, -0.1) is 0 Å². The average molecular weight is 424 g/mol. The predicted octanol–water partition coefficient (Wildman–Crippen LogP) is 5.74. The summed E-state index contributed by atoms with van der Waals surface area (Å²) in [4.78, 5) is 25.1. The molecule has 0 saturated heterocycles. The summed E-state index contributed by atoms with van der Waals surface area (Å²) in [6.45, 7) is 17.0. The molecule has 0 heterocycles. The zero-order chi connectivity index (χ0) is 23.2. The quantitative estimate of drug-likeness (QED) is 0.541. The molecular formula is C24H38FNO4. The molecule has 0 unspecified atom stereocenters. The first-order valence-electron chi connectivity index (χ1n) is 10.7. The van der Waals surface area contributed by atoms with Crippen LogP contribution < -0.4 is 5.32 Å². The maximum absolute atomic E-state index is 13.6. The van der Waals surface area contributed by atoms with Crippen molar-refractivity contribution < 1.29 is 23.5 Å². The van der Waals surface area contributed by atoms with Gasteiger partial charge in [0.15, 0.2) is 0 Å². The fraction of sp³-hybridized carbons (Fsp3) is 0.667. The van der Waals surface area contributed by atoms with Crippen LogP contribution in [-0.2, 0) is 14.3 Å². The van der Waals surface area contributed by atoms with E-state index in [4.69, 9.17) is 9.47 Å². The van der Waals surface area contributed by atoms with E-state index in [9.17, 15) is 14.0 Å². The Morgan fingerprint density at radius 2 is 1.70 bits per heavy atom. The minimum absolute atomic E-state index is 0.101. The van der Waals surface area contributed by atoms with E-state index in [1.165, 1.54) is 12.1 Å². The maximum Gasteiger partial charge on any atom is 0.408 e. The first-order chi connectivity index (χ1) is 13.7. The van der Waals surface area contributed by atoms with Crippen molar-refractivity contribution in [3.63, 3.8) is 0 Å². The molecule has 1 amide bonds. The molecule has 0 bridgehead atoms. The van der Waals surface area contributed by atoms with E-state index in [0.29, 0.717) is 6.42 Å². The number of halogens is 1. The van der Waals surface area contributed by atoms with Gasteiger partial charge >= 0.3 is 12.1 Å². The smallest absolute Gasteiger partial charge is 0.408 e. The summed E-state index contributed by atoms with van der Waals surface area (Å²) >= 11 is 0. The third-order valence-electron chi connectivity index (χ3n) is 4.80. The Bertz CT molecular complexity index is 724. The van der Waals surface area contributed by atoms with E-state index < -0.39 is 29.8 Å². The van der Waals surface area contributed by atoms with Crippen molar-refractivity contribution in [1.82, 2.24) is 5.32 Å². The van der Waals surface area contributed by atoms with Crippen LogP contribution in [0, 0.1) is 24.6 Å². The van der Waals surface area contributed by atoms with E-state index in [-0.39, 0.29) is 23.6 Å². The van der Waals surface area contributed by atoms with Crippen LogP contribution in [0.5, 0.6) is 0 Å². The van der Waals surface area contributed by atoms with Crippen LogP contribution in [0.3, 0.4) is 0 Å². The number of nitrogens with one attached hydrogen (secondary N) is 1. The molecule has 0 aromatic heterocycles. The SMILES string of the molecule is Cc1cc(F)ccc1[C@H](C(C)C)[C@H](C)OC(=O)[C@H](CC(C)C)NC(=O)OC(C)(C)C. The third kappa shape index (κ3) is 8.33. The summed E-state index contributed by atoms with van der Waals surface area (Å²) < 4.78 is 24.7. The molecule has 170 valence electrons. The molecule has 0 aliphatic carbocycles. The summed E-state index contributed by atoms with van der Waals surface area (Å²) in [5, 5.41) is 2.65. The number of hydrogen-bond donors (Lipinski definition) is 1. The summed E-state index contributed by atoms with van der Waals surface area (Å²) in [7, 11) is 0. The van der Waals surface area contributed by atoms with Crippen LogP contribution in [-0.4, -0.2) is 29.8 Å². The average Bonchev–Trinajstić information content (AvgIpc) is 2.54. The van der Waals surface area contributed by atoms with Gasteiger partial charge in [-0.3, -0.25) is 0 Å². The summed E-state index contributed by atoms with van der Waals surface area (Å²) in [6.07, 6.45) is -0.656. The van der Waals surface area contributed by atoms with Crippen LogP contribution in [0.15, 0.2) is 18.2 Å². The van der Waals surface area contributed by atoms with Gasteiger partial charge in [0.05, 0.1) is 0 Å². The zero-order valence-electron chi connectivity index (χ0n) is 19.8. The number of hydrogen-bond acceptors (Lipinski definition) is 4. The van der Waals surface area contributed by atoms with Gasteiger partial charge in [-0.05, 0) is 76.1 Å². The second kappa shape index (κ2) is 10.8. The largest absolute Gasteiger partial charge is 0.460 e. The topological polar surface area (TPSA) is 64.6 Å². The molecule has 5 nitrogen and oxygen atoms in total. The Balaban J connectivity index is 3.00. The highest BCUT2D eigenvalue weighted by Gasteiger charge is 2.32. The number of ether oxygens (including phenoxy) is 2. The third-order valence-corrected chi connectivity index (χ3v) is 4.80. The number of aryl methyl sites for hydroxylation is 1. The van der Waals surface area contributed by atoms with Crippen molar-refractivity contribution in [2.24, 2.45) is 11.8 Å². The molecule has 0 spiro atoms. The minimum atomic E-state index is -0.801. The highest BCUT2D eigenvalue weighted by atomic mass is 19.1. The molecule has 6 heteroatoms. The van der Waals surface area contributed by atoms with Crippen molar-refractivity contribution in [1.29, 1.82) is 0 Å². The van der Waals surface area contributed by atoms with Crippen molar-refractivity contribution >= 4 is 12.1 Å². The van der Waals surface area contributed by atoms with Crippen molar-refractivity contribution in [2.75, 3.05) is 0 Å². The van der Waals surface area contributed by atoms with Crippen LogP contribution in [0.4, 0.5) is 9.18 Å². The molecule has 30 heavy (non-hydrogen) atoms. The second-order valence-electron chi connectivity index (χ2n) is 9.74. The molecule has 3 atom stereocenters. The van der Waals surface area contributed by atoms with Crippen LogP contribution in [0.2, 0.25) is 0 Å². The van der Waals surface area contributed by atoms with E-state index in [0.717, 1.165) is 11.1 Å². The molecule has 0 radical (unpaired) electrons. The van der Waals surface area contributed by atoms with E-state index in [1.54, 1.807) is 26.8 Å². The van der Waals surface area contributed by atoms with Crippen molar-refractivity contribution in [2.45, 2.75) is 92.4 Å². The summed E-state index contributed by atoms with van der Waals surface area (Å²) in [5.41, 5.74) is 1.11. The first-order valence-corrected chi connectivity index (χ1v) is 10.7. The molecular weight excluding hydrogens is 385 g/mol. The Labute approximate surface area is 180 Å². The standard InChI is InChI=1S/C24H38FNO4/c1-14(2)12-20(26-23(28)30-24(7,8)9)22(27)29-17(6)21(15(3)4)19-11-10-18(25)13-16(19)5/h10-11,13-15,17,20-21H,12H2,1-9H3,(H,26,28)/t17-,20-,21+/m0/s1. The fourth-order valence-electron chi connectivity index (χ4n) is 3.64. The summed E-state index contributed by atoms with van der Waals surface area (Å²) in [6, 6.07) is 3.87. The van der Waals surface area contributed by atoms with Crippen LogP contribution >= 0.6 is 0 Å². The van der Waals surface area contributed by atoms with Gasteiger partial charge in [0, 0.05) is 5.92 Å². The van der Waals surface area contributed by atoms with Crippen molar-refractivity contribution in [3.8, 4) is 0 Å². The molecule has 0 aliphatic rings. The predicted molar refractivity (Wildman–Crippen MR) is 117 cm³/mol. The number of carbonyl (C=O) groups excluding carboxylic acids is 2. The van der Waals surface area contributed by atoms with E-state index >= 15 is 0 Å². The van der Waals surface area contributed by atoms with E-state index in [1.807, 2.05) is 41.5 Å². The number of benzene rings is 1. The number of carbonyl (C=O) groups is 2. The molecule has 1 rings (SSSR count). The van der Waals surface area contributed by atoms with Crippen LogP contribution in [0.1, 0.15) is 78.9 Å². The molecule has 1 aromatic rings. The monoisotopic (exact) mass is 423 g/mol. The van der Waals surface area contributed by atoms with Crippen LogP contribution in [0.25, 0.3) is 0 Å². The van der Waals surface area contributed by atoms with Gasteiger partial charge in [0.25, 0.3) is 0 Å². The zero-order valence-corrected chi connectivity index (χ0v) is 19.8. The van der Waals surface area contributed by atoms with Gasteiger partial charge in [-0.25, -0.2) is 14.0 Å². The van der Waals surface area contributed by atoms with Gasteiger partial charge in [0.1, 0.15) is 23.6 Å². The highest BCUT2D eigenvalue weighted by molar-refractivity contribution is 5.81. The van der Waals surface area contributed by atoms with Crippen molar-refractivity contribution in [3.05, 3.63) is 35.1 Å². The molecule has 0 fully saturated rings. The Kier molecular flexibility index (Phi) is 9.32. The normalized spacial score (nSPS) is 14.9. The van der Waals surface area contributed by atoms with Gasteiger partial charge in [-0.1, -0.05) is 33.8 Å². The lowest BCUT2D eigenvalue weighted by Gasteiger charge is -2.31. The molecule has 1 aromatic carbocycles. The summed E-state index contributed by atoms with van der Waals surface area (Å²) in [5.74, 6) is -0.544. The lowest BCUT2D eigenvalue weighted by Crippen LogP contribution is -2.46. The second-order valence-corrected chi connectivity index (χ2v) is 9.74. The van der Waals surface area contributed by atoms with E-state index in [2.05, 4.69) is 5.32 Å². The minimum Gasteiger partial charge on any atom is -0.460 e. The number of esters is 1. The van der Waals surface area contributed by atoms with Gasteiger partial charge in [0.2, 0.25) is 0 Å². The molecule has 1 N–H and O–H groups in total. The molecule has 0 aliphatic heterocycles.